The summed E-state index contributed by atoms with van der Waals surface area (Å²) in [6.07, 6.45) is 6.50. The van der Waals surface area contributed by atoms with Crippen molar-refractivity contribution in [3.8, 4) is 5.75 Å². The highest BCUT2D eigenvalue weighted by molar-refractivity contribution is 5.81. The number of aromatic nitrogens is 2. The van der Waals surface area contributed by atoms with Gasteiger partial charge in [-0.1, -0.05) is 24.6 Å². The van der Waals surface area contributed by atoms with Gasteiger partial charge < -0.3 is 14.6 Å². The molecule has 0 unspecified atom stereocenters. The fourth-order valence-electron chi connectivity index (χ4n) is 2.11. The summed E-state index contributed by atoms with van der Waals surface area (Å²) in [6, 6.07) is 7.74. The molecule has 1 atom stereocenters. The number of imidazole rings is 1. The molecule has 0 radical (unpaired) electrons. The standard InChI is InChI=1S/C17H23N3O2/c1-3-16(22-15-7-5-14(2)6-8-15)17(21)19-9-4-11-20-12-10-18-13-20/h5-8,10,12-13,16H,3-4,9,11H2,1-2H3,(H,19,21)/t16-/m0/s1. The number of aryl methyl sites for hydroxylation is 2. The number of nitrogens with zero attached hydrogens (tertiary/aromatic N) is 2. The predicted octanol–water partition coefficient (Wildman–Crippen LogP) is 2.56. The van der Waals surface area contributed by atoms with Crippen LogP contribution in [-0.2, 0) is 11.3 Å². The molecule has 1 heterocycles. The van der Waals surface area contributed by atoms with Gasteiger partial charge in [-0.05, 0) is 31.9 Å². The Labute approximate surface area is 131 Å². The quantitative estimate of drug-likeness (QED) is 0.762. The van der Waals surface area contributed by atoms with Crippen molar-refractivity contribution in [2.24, 2.45) is 0 Å². The molecular weight excluding hydrogens is 278 g/mol. The van der Waals surface area contributed by atoms with Crippen LogP contribution in [-0.4, -0.2) is 28.1 Å². The summed E-state index contributed by atoms with van der Waals surface area (Å²) in [7, 11) is 0. The maximum atomic E-state index is 12.2. The molecule has 5 heteroatoms. The van der Waals surface area contributed by atoms with Crippen molar-refractivity contribution in [1.29, 1.82) is 0 Å². The number of amides is 1. The molecule has 0 bridgehead atoms. The van der Waals surface area contributed by atoms with E-state index in [9.17, 15) is 4.79 Å². The van der Waals surface area contributed by atoms with Gasteiger partial charge in [0.05, 0.1) is 6.33 Å². The van der Waals surface area contributed by atoms with E-state index in [1.54, 1.807) is 12.5 Å². The van der Waals surface area contributed by atoms with Crippen LogP contribution in [0.5, 0.6) is 5.75 Å². The Bertz CT molecular complexity index is 564. The third-order valence-corrected chi connectivity index (χ3v) is 3.41. The summed E-state index contributed by atoms with van der Waals surface area (Å²) in [6.45, 7) is 5.44. The van der Waals surface area contributed by atoms with Gasteiger partial charge >= 0.3 is 0 Å². The van der Waals surface area contributed by atoms with Crippen molar-refractivity contribution >= 4 is 5.91 Å². The number of nitrogens with one attached hydrogen (secondary N) is 1. The lowest BCUT2D eigenvalue weighted by Crippen LogP contribution is -2.38. The molecule has 0 aliphatic heterocycles. The second-order valence-corrected chi connectivity index (χ2v) is 5.27. The minimum absolute atomic E-state index is 0.0614. The number of hydrogen-bond donors (Lipinski definition) is 1. The van der Waals surface area contributed by atoms with Crippen LogP contribution in [0.25, 0.3) is 0 Å². The maximum Gasteiger partial charge on any atom is 0.261 e. The maximum absolute atomic E-state index is 12.2. The highest BCUT2D eigenvalue weighted by Gasteiger charge is 2.17. The van der Waals surface area contributed by atoms with Crippen LogP contribution in [0, 0.1) is 6.92 Å². The topological polar surface area (TPSA) is 56.1 Å². The summed E-state index contributed by atoms with van der Waals surface area (Å²) in [5.41, 5.74) is 1.17. The SMILES string of the molecule is CC[C@H](Oc1ccc(C)cc1)C(=O)NCCCn1ccnc1. The minimum atomic E-state index is -0.448. The molecule has 2 aromatic rings. The van der Waals surface area contributed by atoms with Gasteiger partial charge in [0.15, 0.2) is 6.10 Å². The highest BCUT2D eigenvalue weighted by Crippen LogP contribution is 2.14. The van der Waals surface area contributed by atoms with Crippen molar-refractivity contribution in [2.45, 2.75) is 39.3 Å². The summed E-state index contributed by atoms with van der Waals surface area (Å²) >= 11 is 0. The molecule has 0 fully saturated rings. The van der Waals surface area contributed by atoms with Crippen LogP contribution in [0.2, 0.25) is 0 Å². The Balaban J connectivity index is 1.75. The van der Waals surface area contributed by atoms with Crippen molar-refractivity contribution in [1.82, 2.24) is 14.9 Å². The van der Waals surface area contributed by atoms with Crippen LogP contribution >= 0.6 is 0 Å². The number of carbonyl (C=O) groups excluding carboxylic acids is 1. The number of hydrogen-bond acceptors (Lipinski definition) is 3. The zero-order valence-electron chi connectivity index (χ0n) is 13.2. The van der Waals surface area contributed by atoms with Gasteiger partial charge in [-0.25, -0.2) is 4.98 Å². The van der Waals surface area contributed by atoms with Crippen molar-refractivity contribution in [2.75, 3.05) is 6.54 Å². The van der Waals surface area contributed by atoms with Crippen LogP contribution in [0.4, 0.5) is 0 Å². The largest absolute Gasteiger partial charge is 0.481 e. The molecule has 118 valence electrons. The number of rotatable bonds is 8. The first kappa shape index (κ1) is 16.1. The third-order valence-electron chi connectivity index (χ3n) is 3.41. The lowest BCUT2D eigenvalue weighted by Gasteiger charge is -2.17. The summed E-state index contributed by atoms with van der Waals surface area (Å²) in [4.78, 5) is 16.1. The summed E-state index contributed by atoms with van der Waals surface area (Å²) in [5.74, 6) is 0.666. The molecule has 0 saturated heterocycles. The van der Waals surface area contributed by atoms with Gasteiger partial charge in [0.2, 0.25) is 0 Å². The first-order valence-electron chi connectivity index (χ1n) is 7.66. The fourth-order valence-corrected chi connectivity index (χ4v) is 2.11. The van der Waals surface area contributed by atoms with E-state index in [1.165, 1.54) is 5.56 Å². The van der Waals surface area contributed by atoms with E-state index in [0.717, 1.165) is 18.7 Å². The second kappa shape index (κ2) is 8.22. The zero-order chi connectivity index (χ0) is 15.8. The smallest absolute Gasteiger partial charge is 0.261 e. The number of ether oxygens (including phenoxy) is 1. The molecule has 0 spiro atoms. The van der Waals surface area contributed by atoms with Crippen LogP contribution in [0.3, 0.4) is 0 Å². The van der Waals surface area contributed by atoms with Gasteiger partial charge in [0.25, 0.3) is 5.91 Å². The molecule has 0 aliphatic rings. The van der Waals surface area contributed by atoms with Gasteiger partial charge in [-0.15, -0.1) is 0 Å². The lowest BCUT2D eigenvalue weighted by molar-refractivity contribution is -0.128. The van der Waals surface area contributed by atoms with Crippen LogP contribution in [0.15, 0.2) is 43.0 Å². The van der Waals surface area contributed by atoms with Crippen LogP contribution < -0.4 is 10.1 Å². The summed E-state index contributed by atoms with van der Waals surface area (Å²) in [5, 5.41) is 2.93. The Morgan fingerprint density at radius 2 is 2.14 bits per heavy atom. The van der Waals surface area contributed by atoms with Gasteiger partial charge in [0.1, 0.15) is 5.75 Å². The first-order valence-corrected chi connectivity index (χ1v) is 7.66. The van der Waals surface area contributed by atoms with E-state index >= 15 is 0 Å². The Morgan fingerprint density at radius 1 is 1.36 bits per heavy atom. The molecular formula is C17H23N3O2. The molecule has 0 aliphatic carbocycles. The van der Waals surface area contributed by atoms with E-state index in [-0.39, 0.29) is 5.91 Å². The first-order chi connectivity index (χ1) is 10.7. The van der Waals surface area contributed by atoms with E-state index in [4.69, 9.17) is 4.74 Å². The molecule has 0 saturated carbocycles. The van der Waals surface area contributed by atoms with E-state index in [1.807, 2.05) is 48.9 Å². The fraction of sp³-hybridized carbons (Fsp3) is 0.412. The Hall–Kier alpha value is -2.30. The van der Waals surface area contributed by atoms with Gasteiger partial charge in [0, 0.05) is 25.5 Å². The van der Waals surface area contributed by atoms with E-state index < -0.39 is 6.10 Å². The van der Waals surface area contributed by atoms with Crippen LogP contribution in [0.1, 0.15) is 25.3 Å². The molecule has 1 amide bonds. The summed E-state index contributed by atoms with van der Waals surface area (Å²) < 4.78 is 7.75. The normalized spacial score (nSPS) is 11.9. The second-order valence-electron chi connectivity index (χ2n) is 5.27. The lowest BCUT2D eigenvalue weighted by atomic mass is 10.2. The van der Waals surface area contributed by atoms with Crippen molar-refractivity contribution in [3.05, 3.63) is 48.5 Å². The Kier molecular flexibility index (Phi) is 6.01. The number of benzene rings is 1. The van der Waals surface area contributed by atoms with Crippen molar-refractivity contribution < 1.29 is 9.53 Å². The predicted molar refractivity (Wildman–Crippen MR) is 85.7 cm³/mol. The van der Waals surface area contributed by atoms with Gasteiger partial charge in [-0.2, -0.15) is 0 Å². The third kappa shape index (κ3) is 4.91. The Morgan fingerprint density at radius 3 is 2.77 bits per heavy atom. The molecule has 1 aromatic heterocycles. The molecule has 5 nitrogen and oxygen atoms in total. The molecule has 1 aromatic carbocycles. The molecule has 1 N–H and O–H groups in total. The average Bonchev–Trinajstić information content (AvgIpc) is 3.04. The zero-order valence-corrected chi connectivity index (χ0v) is 13.2. The molecule has 22 heavy (non-hydrogen) atoms. The van der Waals surface area contributed by atoms with Gasteiger partial charge in [-0.3, -0.25) is 4.79 Å². The average molecular weight is 301 g/mol. The monoisotopic (exact) mass is 301 g/mol. The highest BCUT2D eigenvalue weighted by atomic mass is 16.5. The van der Waals surface area contributed by atoms with E-state index in [0.29, 0.717) is 13.0 Å². The number of carbonyl (C=O) groups is 1. The minimum Gasteiger partial charge on any atom is -0.481 e. The van der Waals surface area contributed by atoms with Crippen molar-refractivity contribution in [3.63, 3.8) is 0 Å². The van der Waals surface area contributed by atoms with E-state index in [2.05, 4.69) is 10.3 Å². The molecule has 2 rings (SSSR count).